The molecule has 2 fully saturated rings. The Hall–Kier alpha value is -4.68. The minimum Gasteiger partial charge on any atom is -0.451 e. The van der Waals surface area contributed by atoms with E-state index in [4.69, 9.17) is 16.3 Å². The summed E-state index contributed by atoms with van der Waals surface area (Å²) in [4.78, 5) is 45.5. The van der Waals surface area contributed by atoms with Crippen molar-refractivity contribution >= 4 is 46.8 Å². The quantitative estimate of drug-likeness (QED) is 0.219. The molecule has 4 atom stereocenters. The minimum absolute atomic E-state index is 0.348. The van der Waals surface area contributed by atoms with Crippen LogP contribution < -0.4 is 9.80 Å². The molecule has 41 heavy (non-hydrogen) atoms. The number of imide groups is 1. The topological polar surface area (TPSA) is 66.9 Å². The average molecular weight is 561 g/mol. The summed E-state index contributed by atoms with van der Waals surface area (Å²) in [6.45, 7) is 0. The Bertz CT molecular complexity index is 1650. The van der Waals surface area contributed by atoms with Crippen molar-refractivity contribution in [1.82, 2.24) is 0 Å². The average Bonchev–Trinajstić information content (AvgIpc) is 3.49. The zero-order valence-corrected chi connectivity index (χ0v) is 22.6. The molecule has 3 aliphatic heterocycles. The highest BCUT2D eigenvalue weighted by atomic mass is 35.5. The van der Waals surface area contributed by atoms with E-state index < -0.39 is 41.9 Å². The SMILES string of the molecule is O=C(OC(c1ccccc1)c1ccccc1)[C@@H]1[C@@H]2C(=O)N(c3cccc(Cl)c3)C(=O)[C@@H]2[C@H]2C=Cc3ccccc3N21. The molecule has 3 heterocycles. The van der Waals surface area contributed by atoms with Crippen molar-refractivity contribution in [1.29, 1.82) is 0 Å². The summed E-state index contributed by atoms with van der Waals surface area (Å²) in [6, 6.07) is 31.9. The van der Waals surface area contributed by atoms with Gasteiger partial charge < -0.3 is 9.64 Å². The third-order valence-corrected chi connectivity index (χ3v) is 8.40. The van der Waals surface area contributed by atoms with Gasteiger partial charge in [-0.15, -0.1) is 0 Å². The summed E-state index contributed by atoms with van der Waals surface area (Å²) in [5.41, 5.74) is 3.73. The van der Waals surface area contributed by atoms with Gasteiger partial charge in [-0.1, -0.05) is 109 Å². The largest absolute Gasteiger partial charge is 0.451 e. The zero-order valence-electron chi connectivity index (χ0n) is 21.8. The monoisotopic (exact) mass is 560 g/mol. The van der Waals surface area contributed by atoms with Gasteiger partial charge in [-0.3, -0.25) is 9.59 Å². The molecule has 2 saturated heterocycles. The van der Waals surface area contributed by atoms with E-state index >= 15 is 0 Å². The van der Waals surface area contributed by atoms with Crippen LogP contribution in [0.15, 0.2) is 115 Å². The van der Waals surface area contributed by atoms with Gasteiger partial charge in [0, 0.05) is 10.7 Å². The number of para-hydroxylation sites is 1. The van der Waals surface area contributed by atoms with Crippen molar-refractivity contribution in [3.63, 3.8) is 0 Å². The molecule has 0 unspecified atom stereocenters. The molecule has 0 aliphatic carbocycles. The molecule has 4 aromatic carbocycles. The Morgan fingerprint density at radius 2 is 1.39 bits per heavy atom. The summed E-state index contributed by atoms with van der Waals surface area (Å²) in [5.74, 6) is -3.02. The Morgan fingerprint density at radius 1 is 0.756 bits per heavy atom. The second-order valence-corrected chi connectivity index (χ2v) is 10.9. The van der Waals surface area contributed by atoms with Gasteiger partial charge in [-0.2, -0.15) is 0 Å². The van der Waals surface area contributed by atoms with Crippen LogP contribution in [0.1, 0.15) is 22.8 Å². The second kappa shape index (κ2) is 10.1. The van der Waals surface area contributed by atoms with Crippen molar-refractivity contribution in [2.75, 3.05) is 9.80 Å². The number of amides is 2. The Kier molecular flexibility index (Phi) is 6.20. The first kappa shape index (κ1) is 25.3. The van der Waals surface area contributed by atoms with Gasteiger partial charge in [-0.25, -0.2) is 9.69 Å². The van der Waals surface area contributed by atoms with E-state index in [-0.39, 0.29) is 5.91 Å². The number of benzene rings is 4. The fourth-order valence-corrected chi connectivity index (χ4v) is 6.61. The molecule has 3 aliphatic rings. The Labute approximate surface area is 242 Å². The molecule has 202 valence electrons. The van der Waals surface area contributed by atoms with Crippen LogP contribution >= 0.6 is 11.6 Å². The van der Waals surface area contributed by atoms with Crippen LogP contribution in [0.25, 0.3) is 6.08 Å². The first-order valence-corrected chi connectivity index (χ1v) is 13.9. The summed E-state index contributed by atoms with van der Waals surface area (Å²) in [5, 5.41) is 0.415. The molecule has 0 aromatic heterocycles. The molecule has 4 aromatic rings. The molecular formula is C34H25ClN2O4. The van der Waals surface area contributed by atoms with E-state index in [0.29, 0.717) is 10.7 Å². The molecule has 0 radical (unpaired) electrons. The van der Waals surface area contributed by atoms with Crippen LogP contribution in [0.2, 0.25) is 5.02 Å². The lowest BCUT2D eigenvalue weighted by atomic mass is 9.88. The lowest BCUT2D eigenvalue weighted by molar-refractivity contribution is -0.151. The maximum atomic E-state index is 14.4. The van der Waals surface area contributed by atoms with Gasteiger partial charge in [0.25, 0.3) is 0 Å². The van der Waals surface area contributed by atoms with Crippen molar-refractivity contribution in [3.8, 4) is 0 Å². The van der Waals surface area contributed by atoms with Gasteiger partial charge >= 0.3 is 5.97 Å². The van der Waals surface area contributed by atoms with Crippen LogP contribution in [0.3, 0.4) is 0 Å². The molecule has 2 amide bonds. The second-order valence-electron chi connectivity index (χ2n) is 10.4. The number of hydrogen-bond donors (Lipinski definition) is 0. The molecule has 0 saturated carbocycles. The number of nitrogens with zero attached hydrogens (tertiary/aromatic N) is 2. The fourth-order valence-electron chi connectivity index (χ4n) is 6.42. The number of esters is 1. The number of ether oxygens (including phenoxy) is 1. The van der Waals surface area contributed by atoms with E-state index in [0.717, 1.165) is 22.4 Å². The van der Waals surface area contributed by atoms with Crippen LogP contribution in [0.4, 0.5) is 11.4 Å². The number of carbonyl (C=O) groups is 3. The summed E-state index contributed by atoms with van der Waals surface area (Å²) >= 11 is 6.22. The number of rotatable bonds is 5. The minimum atomic E-state index is -1.01. The van der Waals surface area contributed by atoms with Gasteiger partial charge in [0.15, 0.2) is 6.10 Å². The molecule has 6 nitrogen and oxygen atoms in total. The summed E-state index contributed by atoms with van der Waals surface area (Å²) in [6.07, 6.45) is 3.19. The van der Waals surface area contributed by atoms with Gasteiger partial charge in [0.05, 0.1) is 23.6 Å². The molecule has 0 N–H and O–H groups in total. The number of hydrogen-bond acceptors (Lipinski definition) is 5. The fraction of sp³-hybridized carbons (Fsp3) is 0.147. The molecule has 0 bridgehead atoms. The molecule has 7 heteroatoms. The van der Waals surface area contributed by atoms with E-state index in [1.165, 1.54) is 4.90 Å². The molecule has 7 rings (SSSR count). The number of fused-ring (bicyclic) bond motifs is 5. The standard InChI is InChI=1S/C34H25ClN2O4/c35-24-15-9-16-25(20-24)36-32(38)28-27-19-18-21-10-7-8-17-26(21)37(27)30(29(28)33(36)39)34(40)41-31(22-11-3-1-4-12-22)23-13-5-2-6-14-23/h1-20,27-31H/t27-,28-,29-,30+/m1/s1. The molecular weight excluding hydrogens is 536 g/mol. The van der Waals surface area contributed by atoms with Crippen molar-refractivity contribution in [2.45, 2.75) is 18.2 Å². The van der Waals surface area contributed by atoms with Crippen LogP contribution in [0.5, 0.6) is 0 Å². The first-order chi connectivity index (χ1) is 20.0. The van der Waals surface area contributed by atoms with E-state index in [1.54, 1.807) is 24.3 Å². The summed E-state index contributed by atoms with van der Waals surface area (Å²) in [7, 11) is 0. The lowest BCUT2D eigenvalue weighted by Crippen LogP contribution is -2.49. The van der Waals surface area contributed by atoms with E-state index in [2.05, 4.69) is 0 Å². The number of carbonyl (C=O) groups excluding carboxylic acids is 3. The lowest BCUT2D eigenvalue weighted by Gasteiger charge is -2.36. The van der Waals surface area contributed by atoms with Gasteiger partial charge in [0.1, 0.15) is 6.04 Å². The maximum Gasteiger partial charge on any atom is 0.330 e. The van der Waals surface area contributed by atoms with Crippen molar-refractivity contribution < 1.29 is 19.1 Å². The number of halogens is 1. The Balaban J connectivity index is 1.32. The molecule has 0 spiro atoms. The summed E-state index contributed by atoms with van der Waals surface area (Å²) < 4.78 is 6.31. The third kappa shape index (κ3) is 4.14. The van der Waals surface area contributed by atoms with E-state index in [9.17, 15) is 14.4 Å². The first-order valence-electron chi connectivity index (χ1n) is 13.5. The van der Waals surface area contributed by atoms with Crippen LogP contribution in [-0.2, 0) is 19.1 Å². The smallest absolute Gasteiger partial charge is 0.330 e. The van der Waals surface area contributed by atoms with Crippen LogP contribution in [0, 0.1) is 11.8 Å². The zero-order chi connectivity index (χ0) is 28.1. The highest BCUT2D eigenvalue weighted by Gasteiger charge is 2.65. The highest BCUT2D eigenvalue weighted by molar-refractivity contribution is 6.31. The van der Waals surface area contributed by atoms with Crippen LogP contribution in [-0.4, -0.2) is 29.9 Å². The highest BCUT2D eigenvalue weighted by Crippen LogP contribution is 2.50. The normalized spacial score (nSPS) is 22.5. The maximum absolute atomic E-state index is 14.4. The Morgan fingerprint density at radius 3 is 2.07 bits per heavy atom. The van der Waals surface area contributed by atoms with E-state index in [1.807, 2.05) is 102 Å². The predicted molar refractivity (Wildman–Crippen MR) is 157 cm³/mol. The van der Waals surface area contributed by atoms with Crippen molar-refractivity contribution in [2.24, 2.45) is 11.8 Å². The predicted octanol–water partition coefficient (Wildman–Crippen LogP) is 6.06. The van der Waals surface area contributed by atoms with Gasteiger partial charge in [0.2, 0.25) is 11.8 Å². The van der Waals surface area contributed by atoms with Crippen molar-refractivity contribution in [3.05, 3.63) is 137 Å². The van der Waals surface area contributed by atoms with Gasteiger partial charge in [-0.05, 0) is 41.0 Å². The third-order valence-electron chi connectivity index (χ3n) is 8.16. The number of anilines is 2.